The first-order chi connectivity index (χ1) is 9.15. The van der Waals surface area contributed by atoms with Crippen LogP contribution in [0.25, 0.3) is 0 Å². The zero-order valence-electron chi connectivity index (χ0n) is 12.8. The third-order valence-electron chi connectivity index (χ3n) is 3.98. The van der Waals surface area contributed by atoms with Crippen molar-refractivity contribution in [2.75, 3.05) is 31.6 Å². The highest BCUT2D eigenvalue weighted by Crippen LogP contribution is 2.25. The summed E-state index contributed by atoms with van der Waals surface area (Å²) in [5, 5.41) is 3.31. The normalized spacial score (nSPS) is 20.3. The third kappa shape index (κ3) is 3.30. The minimum absolute atomic E-state index is 0.479. The number of anilines is 1. The lowest BCUT2D eigenvalue weighted by Gasteiger charge is -2.34. The number of aryl methyl sites for hydroxylation is 1. The van der Waals surface area contributed by atoms with Gasteiger partial charge in [-0.15, -0.1) is 0 Å². The van der Waals surface area contributed by atoms with Gasteiger partial charge in [0, 0.05) is 25.3 Å². The number of hydrogen-bond donors (Lipinski definition) is 1. The van der Waals surface area contributed by atoms with E-state index in [1.807, 2.05) is 7.05 Å². The maximum absolute atomic E-state index is 4.84. The van der Waals surface area contributed by atoms with Crippen LogP contribution >= 0.6 is 0 Å². The van der Waals surface area contributed by atoms with Crippen LogP contribution in [0.3, 0.4) is 0 Å². The van der Waals surface area contributed by atoms with Gasteiger partial charge in [0.1, 0.15) is 0 Å². The highest BCUT2D eigenvalue weighted by atomic mass is 15.3. The average Bonchev–Trinajstić information content (AvgIpc) is 2.84. The molecule has 1 aliphatic heterocycles. The van der Waals surface area contributed by atoms with Crippen LogP contribution in [0.4, 0.5) is 5.95 Å². The summed E-state index contributed by atoms with van der Waals surface area (Å²) in [5.74, 6) is 1.92. The summed E-state index contributed by atoms with van der Waals surface area (Å²) in [5.41, 5.74) is 1.21. The van der Waals surface area contributed by atoms with Gasteiger partial charge in [0.05, 0.1) is 5.69 Å². The summed E-state index contributed by atoms with van der Waals surface area (Å²) in [6.45, 7) is 10.0. The fourth-order valence-electron chi connectivity index (χ4n) is 2.92. The van der Waals surface area contributed by atoms with Crippen LogP contribution in [0.5, 0.6) is 0 Å². The van der Waals surface area contributed by atoms with Crippen molar-refractivity contribution < 1.29 is 0 Å². The fourth-order valence-corrected chi connectivity index (χ4v) is 2.92. The molecule has 2 rings (SSSR count). The average molecular weight is 264 g/mol. The number of aromatic nitrogens is 2. The maximum atomic E-state index is 4.84. The predicted molar refractivity (Wildman–Crippen MR) is 80.9 cm³/mol. The SMILES string of the molecule is CCc1cn(C(C)C)c(N2CCCC(CNC)C2)n1. The number of rotatable bonds is 5. The lowest BCUT2D eigenvalue weighted by molar-refractivity contribution is 0.394. The van der Waals surface area contributed by atoms with Gasteiger partial charge < -0.3 is 14.8 Å². The van der Waals surface area contributed by atoms with E-state index < -0.39 is 0 Å². The Bertz CT molecular complexity index is 395. The molecule has 1 fully saturated rings. The van der Waals surface area contributed by atoms with Gasteiger partial charge in [0.15, 0.2) is 0 Å². The zero-order valence-corrected chi connectivity index (χ0v) is 12.8. The Labute approximate surface area is 117 Å². The van der Waals surface area contributed by atoms with E-state index in [2.05, 4.69) is 41.8 Å². The van der Waals surface area contributed by atoms with E-state index in [1.54, 1.807) is 0 Å². The van der Waals surface area contributed by atoms with Crippen molar-refractivity contribution in [1.29, 1.82) is 0 Å². The molecule has 1 saturated heterocycles. The number of piperidine rings is 1. The standard InChI is InChI=1S/C15H28N4/c1-5-14-11-19(12(2)3)15(17-14)18-8-6-7-13(10-18)9-16-4/h11-13,16H,5-10H2,1-4H3. The van der Waals surface area contributed by atoms with Crippen molar-refractivity contribution in [2.45, 2.75) is 46.1 Å². The topological polar surface area (TPSA) is 33.1 Å². The first kappa shape index (κ1) is 14.4. The Balaban J connectivity index is 2.17. The zero-order chi connectivity index (χ0) is 13.8. The summed E-state index contributed by atoms with van der Waals surface area (Å²) >= 11 is 0. The molecule has 0 saturated carbocycles. The number of hydrogen-bond acceptors (Lipinski definition) is 3. The van der Waals surface area contributed by atoms with E-state index in [-0.39, 0.29) is 0 Å². The molecule has 0 bridgehead atoms. The molecule has 0 spiro atoms. The Morgan fingerprint density at radius 1 is 1.47 bits per heavy atom. The lowest BCUT2D eigenvalue weighted by Crippen LogP contribution is -2.40. The molecule has 1 atom stereocenters. The van der Waals surface area contributed by atoms with E-state index in [4.69, 9.17) is 4.98 Å². The minimum atomic E-state index is 0.479. The molecule has 4 heteroatoms. The van der Waals surface area contributed by atoms with Crippen LogP contribution in [0.15, 0.2) is 6.20 Å². The van der Waals surface area contributed by atoms with Crippen LogP contribution < -0.4 is 10.2 Å². The summed E-state index contributed by atoms with van der Waals surface area (Å²) in [7, 11) is 2.04. The molecule has 0 radical (unpaired) electrons. The lowest BCUT2D eigenvalue weighted by atomic mass is 9.98. The van der Waals surface area contributed by atoms with Crippen molar-refractivity contribution in [1.82, 2.24) is 14.9 Å². The smallest absolute Gasteiger partial charge is 0.205 e. The highest BCUT2D eigenvalue weighted by molar-refractivity contribution is 5.35. The van der Waals surface area contributed by atoms with Gasteiger partial charge in [0.2, 0.25) is 5.95 Å². The Kier molecular flexibility index (Phi) is 4.86. The van der Waals surface area contributed by atoms with Crippen molar-refractivity contribution >= 4 is 5.95 Å². The van der Waals surface area contributed by atoms with Crippen LogP contribution in [-0.4, -0.2) is 36.2 Å². The Morgan fingerprint density at radius 3 is 2.89 bits per heavy atom. The number of imidazole rings is 1. The third-order valence-corrected chi connectivity index (χ3v) is 3.98. The molecule has 4 nitrogen and oxygen atoms in total. The van der Waals surface area contributed by atoms with E-state index in [1.165, 1.54) is 24.5 Å². The Hall–Kier alpha value is -1.03. The van der Waals surface area contributed by atoms with Gasteiger partial charge in [-0.25, -0.2) is 4.98 Å². The molecule has 1 aromatic heterocycles. The molecule has 1 aliphatic rings. The molecule has 1 aromatic rings. The number of nitrogens with zero attached hydrogens (tertiary/aromatic N) is 3. The van der Waals surface area contributed by atoms with Gasteiger partial charge in [-0.3, -0.25) is 0 Å². The highest BCUT2D eigenvalue weighted by Gasteiger charge is 2.23. The van der Waals surface area contributed by atoms with E-state index in [0.29, 0.717) is 6.04 Å². The molecule has 0 amide bonds. The second-order valence-electron chi connectivity index (χ2n) is 5.90. The van der Waals surface area contributed by atoms with Crippen molar-refractivity contribution in [3.63, 3.8) is 0 Å². The first-order valence-electron chi connectivity index (χ1n) is 7.63. The van der Waals surface area contributed by atoms with Crippen LogP contribution in [-0.2, 0) is 6.42 Å². The van der Waals surface area contributed by atoms with E-state index >= 15 is 0 Å². The van der Waals surface area contributed by atoms with Crippen molar-refractivity contribution in [3.05, 3.63) is 11.9 Å². The van der Waals surface area contributed by atoms with E-state index in [0.717, 1.165) is 32.0 Å². The molecule has 0 aliphatic carbocycles. The second-order valence-corrected chi connectivity index (χ2v) is 5.90. The molecule has 19 heavy (non-hydrogen) atoms. The van der Waals surface area contributed by atoms with Crippen molar-refractivity contribution in [3.8, 4) is 0 Å². The largest absolute Gasteiger partial charge is 0.342 e. The monoisotopic (exact) mass is 264 g/mol. The molecule has 2 heterocycles. The molecule has 1 N–H and O–H groups in total. The maximum Gasteiger partial charge on any atom is 0.205 e. The first-order valence-corrected chi connectivity index (χ1v) is 7.63. The predicted octanol–water partition coefficient (Wildman–Crippen LogP) is 2.46. The van der Waals surface area contributed by atoms with Crippen molar-refractivity contribution in [2.24, 2.45) is 5.92 Å². The van der Waals surface area contributed by atoms with E-state index in [9.17, 15) is 0 Å². The van der Waals surface area contributed by atoms with Crippen LogP contribution in [0, 0.1) is 5.92 Å². The summed E-state index contributed by atoms with van der Waals surface area (Å²) in [6.07, 6.45) is 5.85. The van der Waals surface area contributed by atoms with Gasteiger partial charge in [0.25, 0.3) is 0 Å². The molecule has 108 valence electrons. The van der Waals surface area contributed by atoms with Crippen LogP contribution in [0.1, 0.15) is 45.3 Å². The van der Waals surface area contributed by atoms with Gasteiger partial charge in [-0.1, -0.05) is 6.92 Å². The molecular formula is C15H28N4. The molecule has 0 aromatic carbocycles. The quantitative estimate of drug-likeness (QED) is 0.887. The summed E-state index contributed by atoms with van der Waals surface area (Å²) < 4.78 is 2.33. The fraction of sp³-hybridized carbons (Fsp3) is 0.800. The second kappa shape index (κ2) is 6.42. The van der Waals surface area contributed by atoms with Crippen LogP contribution in [0.2, 0.25) is 0 Å². The summed E-state index contributed by atoms with van der Waals surface area (Å²) in [6, 6.07) is 0.479. The number of nitrogens with one attached hydrogen (secondary N) is 1. The van der Waals surface area contributed by atoms with Gasteiger partial charge >= 0.3 is 0 Å². The van der Waals surface area contributed by atoms with Gasteiger partial charge in [-0.2, -0.15) is 0 Å². The minimum Gasteiger partial charge on any atom is -0.342 e. The molecule has 1 unspecified atom stereocenters. The Morgan fingerprint density at radius 2 is 2.26 bits per heavy atom. The van der Waals surface area contributed by atoms with Gasteiger partial charge in [-0.05, 0) is 52.6 Å². The summed E-state index contributed by atoms with van der Waals surface area (Å²) in [4.78, 5) is 7.31. The molecular weight excluding hydrogens is 236 g/mol.